The number of fused-ring (bicyclic) bond motifs is 1. The van der Waals surface area contributed by atoms with Crippen molar-refractivity contribution < 1.29 is 9.72 Å². The first kappa shape index (κ1) is 23.1. The lowest BCUT2D eigenvalue weighted by atomic mass is 10.0. The highest BCUT2D eigenvalue weighted by Crippen LogP contribution is 2.24. The first-order valence-electron chi connectivity index (χ1n) is 11.3. The van der Waals surface area contributed by atoms with Crippen LogP contribution < -0.4 is 5.32 Å². The first-order valence-corrected chi connectivity index (χ1v) is 11.3. The Hall–Kier alpha value is -4.03. The molecule has 0 atom stereocenters. The Bertz CT molecular complexity index is 1320. The van der Waals surface area contributed by atoms with Crippen molar-refractivity contribution in [2.45, 2.75) is 20.0 Å². The minimum absolute atomic E-state index is 0.0551. The lowest BCUT2D eigenvalue weighted by Gasteiger charge is -2.19. The molecular formula is C28H27N3O3. The van der Waals surface area contributed by atoms with E-state index in [-0.39, 0.29) is 11.6 Å². The zero-order chi connectivity index (χ0) is 24.1. The number of hydrogen-bond donors (Lipinski definition) is 1. The van der Waals surface area contributed by atoms with Gasteiger partial charge < -0.3 is 10.2 Å². The molecule has 0 saturated carbocycles. The van der Waals surface area contributed by atoms with E-state index < -0.39 is 4.92 Å². The Morgan fingerprint density at radius 3 is 2.26 bits per heavy atom. The molecule has 0 aliphatic carbocycles. The smallest absolute Gasteiger partial charge is 0.269 e. The Morgan fingerprint density at radius 2 is 1.62 bits per heavy atom. The van der Waals surface area contributed by atoms with Crippen molar-refractivity contribution in [3.63, 3.8) is 0 Å². The second kappa shape index (κ2) is 10.3. The SMILES string of the molecule is CCNCc1ccc2c(CN(C)C(=O)c3ccc(-c4ccc([N+](=O)[O-])cc4)cc3)cccc2c1. The van der Waals surface area contributed by atoms with Gasteiger partial charge in [-0.25, -0.2) is 0 Å². The summed E-state index contributed by atoms with van der Waals surface area (Å²) in [5.74, 6) is -0.0592. The number of carbonyl (C=O) groups excluding carboxylic acids is 1. The van der Waals surface area contributed by atoms with Crippen molar-refractivity contribution in [3.05, 3.63) is 112 Å². The molecule has 0 fully saturated rings. The average Bonchev–Trinajstić information content (AvgIpc) is 2.87. The lowest BCUT2D eigenvalue weighted by Crippen LogP contribution is -2.26. The highest BCUT2D eigenvalue weighted by atomic mass is 16.6. The van der Waals surface area contributed by atoms with Crippen LogP contribution >= 0.6 is 0 Å². The second-order valence-electron chi connectivity index (χ2n) is 8.30. The lowest BCUT2D eigenvalue weighted by molar-refractivity contribution is -0.384. The van der Waals surface area contributed by atoms with Crippen LogP contribution in [0.15, 0.2) is 84.9 Å². The van der Waals surface area contributed by atoms with E-state index in [2.05, 4.69) is 42.6 Å². The minimum Gasteiger partial charge on any atom is -0.337 e. The number of nitrogens with one attached hydrogen (secondary N) is 1. The predicted octanol–water partition coefficient (Wildman–Crippen LogP) is 5.80. The molecule has 34 heavy (non-hydrogen) atoms. The van der Waals surface area contributed by atoms with Crippen molar-refractivity contribution in [1.29, 1.82) is 0 Å². The third kappa shape index (κ3) is 5.13. The van der Waals surface area contributed by atoms with Crippen LogP contribution in [0, 0.1) is 10.1 Å². The number of benzene rings is 4. The number of non-ortho nitro benzene ring substituents is 1. The van der Waals surface area contributed by atoms with E-state index >= 15 is 0 Å². The number of hydrogen-bond acceptors (Lipinski definition) is 4. The molecule has 1 N–H and O–H groups in total. The molecule has 0 aliphatic rings. The monoisotopic (exact) mass is 453 g/mol. The van der Waals surface area contributed by atoms with Crippen LogP contribution in [0.5, 0.6) is 0 Å². The number of rotatable bonds is 8. The van der Waals surface area contributed by atoms with Gasteiger partial charge in [-0.05, 0) is 69.9 Å². The van der Waals surface area contributed by atoms with E-state index in [1.54, 1.807) is 29.2 Å². The molecule has 1 amide bonds. The predicted molar refractivity (Wildman–Crippen MR) is 136 cm³/mol. The molecule has 0 aliphatic heterocycles. The molecule has 0 saturated heterocycles. The van der Waals surface area contributed by atoms with Crippen LogP contribution in [-0.2, 0) is 13.1 Å². The van der Waals surface area contributed by atoms with E-state index in [0.717, 1.165) is 35.2 Å². The van der Waals surface area contributed by atoms with Gasteiger partial charge in [0, 0.05) is 37.8 Å². The molecule has 0 aromatic heterocycles. The molecule has 0 spiro atoms. The van der Waals surface area contributed by atoms with Crippen molar-refractivity contribution in [3.8, 4) is 11.1 Å². The fraction of sp³-hybridized carbons (Fsp3) is 0.179. The van der Waals surface area contributed by atoms with Crippen LogP contribution in [0.25, 0.3) is 21.9 Å². The molecule has 4 rings (SSSR count). The van der Waals surface area contributed by atoms with Crippen molar-refractivity contribution in [2.75, 3.05) is 13.6 Å². The van der Waals surface area contributed by atoms with E-state index in [4.69, 9.17) is 0 Å². The summed E-state index contributed by atoms with van der Waals surface area (Å²) >= 11 is 0. The fourth-order valence-corrected chi connectivity index (χ4v) is 4.05. The van der Waals surface area contributed by atoms with Gasteiger partial charge in [-0.1, -0.05) is 49.4 Å². The van der Waals surface area contributed by atoms with Crippen LogP contribution in [-0.4, -0.2) is 29.3 Å². The molecule has 4 aromatic rings. The topological polar surface area (TPSA) is 75.5 Å². The van der Waals surface area contributed by atoms with Gasteiger partial charge in [0.25, 0.3) is 11.6 Å². The summed E-state index contributed by atoms with van der Waals surface area (Å²) < 4.78 is 0. The maximum atomic E-state index is 13.1. The maximum Gasteiger partial charge on any atom is 0.269 e. The van der Waals surface area contributed by atoms with Crippen LogP contribution in [0.1, 0.15) is 28.4 Å². The third-order valence-electron chi connectivity index (χ3n) is 5.91. The van der Waals surface area contributed by atoms with Gasteiger partial charge in [-0.15, -0.1) is 0 Å². The van der Waals surface area contributed by atoms with Gasteiger partial charge in [-0.2, -0.15) is 0 Å². The van der Waals surface area contributed by atoms with Gasteiger partial charge in [0.2, 0.25) is 0 Å². The molecular weight excluding hydrogens is 426 g/mol. The van der Waals surface area contributed by atoms with Gasteiger partial charge in [0.05, 0.1) is 4.92 Å². The van der Waals surface area contributed by atoms with Gasteiger partial charge >= 0.3 is 0 Å². The number of nitro benzene ring substituents is 1. The standard InChI is InChI=1S/C28H27N3O3/c1-3-29-18-20-7-16-27-24(17-20)5-4-6-25(27)19-30(2)28(32)23-10-8-21(9-11-23)22-12-14-26(15-13-22)31(33)34/h4-17,29H,3,18-19H2,1-2H3. The molecule has 0 heterocycles. The van der Waals surface area contributed by atoms with Crippen LogP contribution in [0.4, 0.5) is 5.69 Å². The Kier molecular flexibility index (Phi) is 6.99. The average molecular weight is 454 g/mol. The number of nitro groups is 1. The van der Waals surface area contributed by atoms with E-state index in [1.807, 2.05) is 25.2 Å². The third-order valence-corrected chi connectivity index (χ3v) is 5.91. The fourth-order valence-electron chi connectivity index (χ4n) is 4.05. The molecule has 0 unspecified atom stereocenters. The number of carbonyl (C=O) groups is 1. The zero-order valence-corrected chi connectivity index (χ0v) is 19.3. The zero-order valence-electron chi connectivity index (χ0n) is 19.3. The number of nitrogens with zero attached hydrogens (tertiary/aromatic N) is 2. The van der Waals surface area contributed by atoms with Crippen LogP contribution in [0.3, 0.4) is 0 Å². The maximum absolute atomic E-state index is 13.1. The largest absolute Gasteiger partial charge is 0.337 e. The van der Waals surface area contributed by atoms with E-state index in [9.17, 15) is 14.9 Å². The summed E-state index contributed by atoms with van der Waals surface area (Å²) in [6.07, 6.45) is 0. The van der Waals surface area contributed by atoms with Crippen molar-refractivity contribution >= 4 is 22.4 Å². The van der Waals surface area contributed by atoms with E-state index in [0.29, 0.717) is 12.1 Å². The molecule has 0 radical (unpaired) electrons. The van der Waals surface area contributed by atoms with Gasteiger partial charge in [0.15, 0.2) is 0 Å². The van der Waals surface area contributed by atoms with Crippen molar-refractivity contribution in [2.24, 2.45) is 0 Å². The summed E-state index contributed by atoms with van der Waals surface area (Å²) in [5.41, 5.74) is 4.76. The molecule has 4 aromatic carbocycles. The Balaban J connectivity index is 1.48. The second-order valence-corrected chi connectivity index (χ2v) is 8.30. The van der Waals surface area contributed by atoms with Gasteiger partial charge in [-0.3, -0.25) is 14.9 Å². The molecule has 6 heteroatoms. The Morgan fingerprint density at radius 1 is 0.941 bits per heavy atom. The number of amides is 1. The molecule has 0 bridgehead atoms. The summed E-state index contributed by atoms with van der Waals surface area (Å²) in [6, 6.07) is 26.4. The Labute approximate surface area is 199 Å². The normalized spacial score (nSPS) is 10.9. The molecule has 6 nitrogen and oxygen atoms in total. The van der Waals surface area contributed by atoms with Crippen molar-refractivity contribution in [1.82, 2.24) is 10.2 Å². The summed E-state index contributed by atoms with van der Waals surface area (Å²) in [7, 11) is 1.81. The molecule has 172 valence electrons. The minimum atomic E-state index is -0.417. The highest BCUT2D eigenvalue weighted by Gasteiger charge is 2.14. The van der Waals surface area contributed by atoms with E-state index in [1.165, 1.54) is 23.1 Å². The first-order chi connectivity index (χ1) is 16.5. The highest BCUT2D eigenvalue weighted by molar-refractivity contribution is 5.95. The quantitative estimate of drug-likeness (QED) is 0.270. The summed E-state index contributed by atoms with van der Waals surface area (Å²) in [4.78, 5) is 25.2. The summed E-state index contributed by atoms with van der Waals surface area (Å²) in [6.45, 7) is 4.37. The summed E-state index contributed by atoms with van der Waals surface area (Å²) in [5, 5.41) is 16.5. The van der Waals surface area contributed by atoms with Gasteiger partial charge in [0.1, 0.15) is 0 Å². The van der Waals surface area contributed by atoms with Crippen LogP contribution in [0.2, 0.25) is 0 Å².